The molecule has 0 nitrogen and oxygen atoms in total. The maximum absolute atomic E-state index is 2.29. The Morgan fingerprint density at radius 2 is 0.400 bits per heavy atom. The zero-order valence-electron chi connectivity index (χ0n) is 14.0. The summed E-state index contributed by atoms with van der Waals surface area (Å²) in [6.07, 6.45) is 0. The molecule has 0 fully saturated rings. The maximum Gasteiger partial charge on any atom is -0.00612 e. The summed E-state index contributed by atoms with van der Waals surface area (Å²) in [4.78, 5) is 0. The molecule has 1 aliphatic rings. The molecule has 0 N–H and O–H groups in total. The van der Waals surface area contributed by atoms with Crippen molar-refractivity contribution in [3.05, 3.63) is 44.5 Å². The molecule has 0 bridgehead atoms. The third kappa shape index (κ3) is 1.32. The molecule has 2 aromatic rings. The van der Waals surface area contributed by atoms with Crippen LogP contribution in [0.25, 0.3) is 22.3 Å². The minimum Gasteiger partial charge on any atom is -0.0443 e. The van der Waals surface area contributed by atoms with E-state index < -0.39 is 0 Å². The maximum atomic E-state index is 2.29. The van der Waals surface area contributed by atoms with E-state index in [0.29, 0.717) is 0 Å². The van der Waals surface area contributed by atoms with Gasteiger partial charge in [0, 0.05) is 0 Å². The normalized spacial score (nSPS) is 12.0. The third-order valence-electron chi connectivity index (χ3n) is 5.88. The highest BCUT2D eigenvalue weighted by atomic mass is 14.4. The van der Waals surface area contributed by atoms with Gasteiger partial charge >= 0.3 is 0 Å². The highest BCUT2D eigenvalue weighted by Gasteiger charge is 2.32. The minimum absolute atomic E-state index is 1.46. The molecule has 0 amide bonds. The molecule has 0 atom stereocenters. The summed E-state index contributed by atoms with van der Waals surface area (Å²) >= 11 is 0. The van der Waals surface area contributed by atoms with Gasteiger partial charge in [-0.05, 0) is 122 Å². The van der Waals surface area contributed by atoms with E-state index in [4.69, 9.17) is 0 Å². The Labute approximate surface area is 122 Å². The number of benzene rings is 2. The fourth-order valence-electron chi connectivity index (χ4n) is 3.81. The van der Waals surface area contributed by atoms with Crippen molar-refractivity contribution in [3.8, 4) is 22.3 Å². The fraction of sp³-hybridized carbons (Fsp3) is 0.400. The monoisotopic (exact) mass is 264 g/mol. The first-order valence-electron chi connectivity index (χ1n) is 7.50. The Hall–Kier alpha value is -1.56. The minimum atomic E-state index is 1.46. The van der Waals surface area contributed by atoms with Crippen LogP contribution in [0, 0.1) is 55.4 Å². The van der Waals surface area contributed by atoms with Crippen LogP contribution < -0.4 is 0 Å². The van der Waals surface area contributed by atoms with E-state index in [1.807, 2.05) is 0 Å². The van der Waals surface area contributed by atoms with Gasteiger partial charge < -0.3 is 0 Å². The van der Waals surface area contributed by atoms with Crippen molar-refractivity contribution in [1.82, 2.24) is 0 Å². The van der Waals surface area contributed by atoms with Crippen LogP contribution in [0.3, 0.4) is 0 Å². The van der Waals surface area contributed by atoms with Crippen molar-refractivity contribution in [2.24, 2.45) is 0 Å². The summed E-state index contributed by atoms with van der Waals surface area (Å²) in [7, 11) is 0. The molecule has 0 heterocycles. The molecule has 0 heteroatoms. The quantitative estimate of drug-likeness (QED) is 0.481. The molecule has 104 valence electrons. The van der Waals surface area contributed by atoms with E-state index in [1.165, 1.54) is 66.8 Å². The Bertz CT molecular complexity index is 626. The second kappa shape index (κ2) is 3.97. The van der Waals surface area contributed by atoms with Crippen LogP contribution in [0.1, 0.15) is 44.5 Å². The van der Waals surface area contributed by atoms with Gasteiger partial charge in [0.25, 0.3) is 0 Å². The molecular weight excluding hydrogens is 240 g/mol. The number of fused-ring (bicyclic) bond motifs is 4. The van der Waals surface area contributed by atoms with Gasteiger partial charge in [-0.1, -0.05) is 0 Å². The average molecular weight is 264 g/mol. The van der Waals surface area contributed by atoms with E-state index in [-0.39, 0.29) is 0 Å². The van der Waals surface area contributed by atoms with Crippen molar-refractivity contribution in [2.75, 3.05) is 0 Å². The van der Waals surface area contributed by atoms with Crippen LogP contribution >= 0.6 is 0 Å². The standard InChI is InChI=1S/C20H24/c1-9-10(2)14(6)18-17(13(9)5)19-15(7)11(3)12(4)16(8)20(18)19/h1-8H3. The van der Waals surface area contributed by atoms with Gasteiger partial charge in [-0.3, -0.25) is 0 Å². The highest BCUT2D eigenvalue weighted by Crippen LogP contribution is 2.56. The molecule has 2 aromatic carbocycles. The average Bonchev–Trinajstić information content (AvgIpc) is 2.39. The van der Waals surface area contributed by atoms with Crippen LogP contribution in [0.4, 0.5) is 0 Å². The lowest BCUT2D eigenvalue weighted by molar-refractivity contribution is 1.16. The van der Waals surface area contributed by atoms with Gasteiger partial charge in [0.2, 0.25) is 0 Å². The molecular formula is C20H24. The van der Waals surface area contributed by atoms with Crippen LogP contribution in [0.2, 0.25) is 0 Å². The molecule has 0 radical (unpaired) electrons. The second-order valence-corrected chi connectivity index (χ2v) is 6.50. The van der Waals surface area contributed by atoms with Crippen molar-refractivity contribution < 1.29 is 0 Å². The summed E-state index contributed by atoms with van der Waals surface area (Å²) in [5.41, 5.74) is 17.8. The number of rotatable bonds is 0. The topological polar surface area (TPSA) is 0 Å². The molecule has 0 aromatic heterocycles. The summed E-state index contributed by atoms with van der Waals surface area (Å²) in [6, 6.07) is 0. The van der Waals surface area contributed by atoms with Crippen LogP contribution in [-0.2, 0) is 0 Å². The van der Waals surface area contributed by atoms with Crippen LogP contribution in [0.15, 0.2) is 0 Å². The smallest absolute Gasteiger partial charge is 0.00612 e. The molecule has 0 saturated heterocycles. The molecule has 20 heavy (non-hydrogen) atoms. The molecule has 0 unspecified atom stereocenters. The number of hydrogen-bond donors (Lipinski definition) is 0. The van der Waals surface area contributed by atoms with Gasteiger partial charge in [0.1, 0.15) is 0 Å². The van der Waals surface area contributed by atoms with Gasteiger partial charge in [-0.15, -0.1) is 0 Å². The Morgan fingerprint density at radius 1 is 0.250 bits per heavy atom. The lowest BCUT2D eigenvalue weighted by Gasteiger charge is -2.35. The van der Waals surface area contributed by atoms with E-state index in [2.05, 4.69) is 55.4 Å². The van der Waals surface area contributed by atoms with E-state index in [9.17, 15) is 0 Å². The lowest BCUT2D eigenvalue weighted by Crippen LogP contribution is -2.13. The van der Waals surface area contributed by atoms with Crippen molar-refractivity contribution in [3.63, 3.8) is 0 Å². The van der Waals surface area contributed by atoms with Gasteiger partial charge in [-0.25, -0.2) is 0 Å². The number of hydrogen-bond acceptors (Lipinski definition) is 0. The first kappa shape index (κ1) is 13.4. The largest absolute Gasteiger partial charge is 0.0443 e. The third-order valence-corrected chi connectivity index (χ3v) is 5.88. The zero-order chi connectivity index (χ0) is 14.9. The fourth-order valence-corrected chi connectivity index (χ4v) is 3.81. The van der Waals surface area contributed by atoms with E-state index >= 15 is 0 Å². The van der Waals surface area contributed by atoms with Crippen molar-refractivity contribution in [2.45, 2.75) is 55.4 Å². The van der Waals surface area contributed by atoms with Crippen LogP contribution in [0.5, 0.6) is 0 Å². The molecule has 1 aliphatic carbocycles. The summed E-state index contributed by atoms with van der Waals surface area (Å²) in [5.74, 6) is 0. The lowest BCUT2D eigenvalue weighted by atomic mass is 9.68. The molecule has 0 aliphatic heterocycles. The molecule has 0 spiro atoms. The molecule has 3 rings (SSSR count). The van der Waals surface area contributed by atoms with Gasteiger partial charge in [-0.2, -0.15) is 0 Å². The van der Waals surface area contributed by atoms with Crippen molar-refractivity contribution >= 4 is 0 Å². The Balaban J connectivity index is 2.49. The summed E-state index contributed by atoms with van der Waals surface area (Å²) in [6.45, 7) is 18.2. The molecule has 0 saturated carbocycles. The Kier molecular flexibility index (Phi) is 2.67. The van der Waals surface area contributed by atoms with E-state index in [0.717, 1.165) is 0 Å². The predicted molar refractivity (Wildman–Crippen MR) is 88.8 cm³/mol. The SMILES string of the molecule is Cc1c(C)c(C)c2c(c1C)-c1c(C)c(C)c(C)c(C)c1-2. The van der Waals surface area contributed by atoms with Crippen LogP contribution in [-0.4, -0.2) is 0 Å². The first-order chi connectivity index (χ1) is 9.29. The second-order valence-electron chi connectivity index (χ2n) is 6.50. The Morgan fingerprint density at radius 3 is 0.550 bits per heavy atom. The first-order valence-corrected chi connectivity index (χ1v) is 7.50. The summed E-state index contributed by atoms with van der Waals surface area (Å²) < 4.78 is 0. The van der Waals surface area contributed by atoms with Gasteiger partial charge in [0.05, 0.1) is 0 Å². The van der Waals surface area contributed by atoms with Gasteiger partial charge in [0.15, 0.2) is 0 Å². The van der Waals surface area contributed by atoms with Crippen molar-refractivity contribution in [1.29, 1.82) is 0 Å². The highest BCUT2D eigenvalue weighted by molar-refractivity contribution is 6.09. The zero-order valence-corrected chi connectivity index (χ0v) is 14.0. The predicted octanol–water partition coefficient (Wildman–Crippen LogP) is 5.80. The summed E-state index contributed by atoms with van der Waals surface area (Å²) in [5, 5.41) is 0. The van der Waals surface area contributed by atoms with E-state index in [1.54, 1.807) is 0 Å².